The number of aryl methyl sites for hydroxylation is 1. The molecule has 1 aliphatic carbocycles. The molecule has 2 aliphatic rings. The Morgan fingerprint density at radius 3 is 2.60 bits per heavy atom. The third-order valence-electron chi connectivity index (χ3n) is 4.71. The van der Waals surface area contributed by atoms with Gasteiger partial charge in [0.05, 0.1) is 11.4 Å². The van der Waals surface area contributed by atoms with Gasteiger partial charge in [-0.05, 0) is 49.4 Å². The zero-order valence-electron chi connectivity index (χ0n) is 14.1. The van der Waals surface area contributed by atoms with Crippen LogP contribution in [0.15, 0.2) is 18.2 Å². The predicted molar refractivity (Wildman–Crippen MR) is 93.2 cm³/mol. The molecule has 1 aromatic carbocycles. The van der Waals surface area contributed by atoms with Gasteiger partial charge in [0.25, 0.3) is 5.91 Å². The van der Waals surface area contributed by atoms with Crippen molar-refractivity contribution in [3.05, 3.63) is 29.3 Å². The number of aliphatic carboxylic acids is 1. The van der Waals surface area contributed by atoms with Crippen molar-refractivity contribution < 1.29 is 23.1 Å². The highest BCUT2D eigenvalue weighted by Crippen LogP contribution is 2.33. The van der Waals surface area contributed by atoms with E-state index in [0.29, 0.717) is 42.1 Å². The van der Waals surface area contributed by atoms with Gasteiger partial charge in [-0.15, -0.1) is 0 Å². The quantitative estimate of drug-likeness (QED) is 0.794. The van der Waals surface area contributed by atoms with Crippen LogP contribution >= 0.6 is 0 Å². The first-order valence-electron chi connectivity index (χ1n) is 8.42. The Balaban J connectivity index is 1.75. The Morgan fingerprint density at radius 1 is 1.36 bits per heavy atom. The first kappa shape index (κ1) is 17.7. The molecule has 1 saturated heterocycles. The molecule has 3 rings (SSSR count). The topological polar surface area (TPSA) is 104 Å². The number of nitrogens with zero attached hydrogens (tertiary/aromatic N) is 1. The van der Waals surface area contributed by atoms with Gasteiger partial charge in [-0.1, -0.05) is 12.8 Å². The van der Waals surface area contributed by atoms with E-state index in [1.54, 1.807) is 25.1 Å². The molecule has 2 N–H and O–H groups in total. The molecule has 1 heterocycles. The van der Waals surface area contributed by atoms with Gasteiger partial charge in [0.1, 0.15) is 6.04 Å². The maximum Gasteiger partial charge on any atom is 0.326 e. The number of carboxylic acids is 1. The lowest BCUT2D eigenvalue weighted by molar-refractivity contribution is -0.139. The number of carboxylic acid groups (broad SMARTS) is 1. The zero-order valence-corrected chi connectivity index (χ0v) is 14.9. The molecule has 8 heteroatoms. The maximum atomic E-state index is 12.4. The molecule has 7 nitrogen and oxygen atoms in total. The second-order valence-corrected chi connectivity index (χ2v) is 8.80. The van der Waals surface area contributed by atoms with Gasteiger partial charge in [-0.3, -0.25) is 9.10 Å². The fourth-order valence-electron chi connectivity index (χ4n) is 3.13. The van der Waals surface area contributed by atoms with Crippen LogP contribution in [-0.4, -0.2) is 43.7 Å². The summed E-state index contributed by atoms with van der Waals surface area (Å²) in [5.41, 5.74) is 1.52. The predicted octanol–water partition coefficient (Wildman–Crippen LogP) is 1.52. The number of amides is 1. The van der Waals surface area contributed by atoms with E-state index in [1.165, 1.54) is 4.31 Å². The number of carbonyl (C=O) groups excluding carboxylic acids is 1. The van der Waals surface area contributed by atoms with Crippen LogP contribution in [0, 0.1) is 12.8 Å². The van der Waals surface area contributed by atoms with Gasteiger partial charge in [-0.2, -0.15) is 0 Å². The molecule has 136 valence electrons. The second kappa shape index (κ2) is 6.67. The Kier molecular flexibility index (Phi) is 4.73. The summed E-state index contributed by atoms with van der Waals surface area (Å²) >= 11 is 0. The normalized spacial score (nSPS) is 20.3. The van der Waals surface area contributed by atoms with Gasteiger partial charge < -0.3 is 10.4 Å². The summed E-state index contributed by atoms with van der Waals surface area (Å²) < 4.78 is 25.4. The van der Waals surface area contributed by atoms with E-state index >= 15 is 0 Å². The van der Waals surface area contributed by atoms with Crippen LogP contribution in [0.25, 0.3) is 0 Å². The third kappa shape index (κ3) is 3.95. The van der Waals surface area contributed by atoms with E-state index in [4.69, 9.17) is 0 Å². The van der Waals surface area contributed by atoms with Crippen molar-refractivity contribution >= 4 is 27.6 Å². The van der Waals surface area contributed by atoms with E-state index in [-0.39, 0.29) is 5.75 Å². The molecule has 0 spiro atoms. The number of nitrogens with one attached hydrogen (secondary N) is 1. The summed E-state index contributed by atoms with van der Waals surface area (Å²) in [6.45, 7) is 2.16. The molecule has 1 saturated carbocycles. The van der Waals surface area contributed by atoms with Gasteiger partial charge in [0.15, 0.2) is 0 Å². The number of rotatable bonds is 6. The molecule has 0 bridgehead atoms. The first-order valence-corrected chi connectivity index (χ1v) is 10.0. The highest BCUT2D eigenvalue weighted by atomic mass is 32.2. The number of carbonyl (C=O) groups is 2. The van der Waals surface area contributed by atoms with Crippen molar-refractivity contribution in [2.24, 2.45) is 5.92 Å². The fraction of sp³-hybridized carbons (Fsp3) is 0.529. The van der Waals surface area contributed by atoms with Crippen LogP contribution in [0.4, 0.5) is 5.69 Å². The minimum atomic E-state index is -3.27. The number of hydrogen-bond acceptors (Lipinski definition) is 4. The van der Waals surface area contributed by atoms with Crippen LogP contribution in [0.5, 0.6) is 0 Å². The van der Waals surface area contributed by atoms with E-state index in [1.807, 2.05) is 0 Å². The Hall–Kier alpha value is -2.09. The van der Waals surface area contributed by atoms with Gasteiger partial charge in [-0.25, -0.2) is 13.2 Å². The standard InChI is InChI=1S/C17H22N2O5S/c1-11-9-13(19-7-2-8-25(19,23)24)5-6-14(11)16(20)18-15(17(21)22)10-12-3-4-12/h5-6,9,12,15H,2-4,7-8,10H2,1H3,(H,18,20)(H,21,22). The first-order chi connectivity index (χ1) is 11.8. The summed E-state index contributed by atoms with van der Waals surface area (Å²) in [6, 6.07) is 3.93. The molecule has 0 radical (unpaired) electrons. The summed E-state index contributed by atoms with van der Waals surface area (Å²) in [5, 5.41) is 11.9. The van der Waals surface area contributed by atoms with Crippen molar-refractivity contribution in [1.29, 1.82) is 0 Å². The van der Waals surface area contributed by atoms with Crippen LogP contribution in [0.1, 0.15) is 41.6 Å². The van der Waals surface area contributed by atoms with Crippen LogP contribution in [0.3, 0.4) is 0 Å². The molecule has 1 aliphatic heterocycles. The van der Waals surface area contributed by atoms with Crippen LogP contribution < -0.4 is 9.62 Å². The van der Waals surface area contributed by atoms with Crippen molar-refractivity contribution in [2.45, 2.75) is 38.6 Å². The third-order valence-corrected chi connectivity index (χ3v) is 6.58. The van der Waals surface area contributed by atoms with E-state index < -0.39 is 27.9 Å². The smallest absolute Gasteiger partial charge is 0.326 e. The average molecular weight is 366 g/mol. The molecule has 1 atom stereocenters. The van der Waals surface area contributed by atoms with Crippen molar-refractivity contribution in [3.63, 3.8) is 0 Å². The van der Waals surface area contributed by atoms with Gasteiger partial charge in [0.2, 0.25) is 10.0 Å². The van der Waals surface area contributed by atoms with Crippen LogP contribution in [-0.2, 0) is 14.8 Å². The molecular weight excluding hydrogens is 344 g/mol. The molecular formula is C17H22N2O5S. The SMILES string of the molecule is Cc1cc(N2CCCS2(=O)=O)ccc1C(=O)NC(CC1CC1)C(=O)O. The number of benzene rings is 1. The molecule has 1 aromatic rings. The van der Waals surface area contributed by atoms with E-state index in [2.05, 4.69) is 5.32 Å². The Labute approximate surface area is 147 Å². The lowest BCUT2D eigenvalue weighted by Crippen LogP contribution is -2.41. The second-order valence-electron chi connectivity index (χ2n) is 6.78. The molecule has 1 unspecified atom stereocenters. The number of hydrogen-bond donors (Lipinski definition) is 2. The highest BCUT2D eigenvalue weighted by molar-refractivity contribution is 7.93. The summed E-state index contributed by atoms with van der Waals surface area (Å²) in [6.07, 6.45) is 3.06. The number of anilines is 1. The zero-order chi connectivity index (χ0) is 18.2. The molecule has 2 fully saturated rings. The Bertz CT molecular complexity index is 801. The summed E-state index contributed by atoms with van der Waals surface area (Å²) in [7, 11) is -3.27. The largest absolute Gasteiger partial charge is 0.480 e. The maximum absolute atomic E-state index is 12.4. The van der Waals surface area contributed by atoms with E-state index in [9.17, 15) is 23.1 Å². The van der Waals surface area contributed by atoms with Crippen molar-refractivity contribution in [1.82, 2.24) is 5.32 Å². The van der Waals surface area contributed by atoms with Crippen molar-refractivity contribution in [3.8, 4) is 0 Å². The minimum Gasteiger partial charge on any atom is -0.480 e. The summed E-state index contributed by atoms with van der Waals surface area (Å²) in [5.74, 6) is -0.959. The summed E-state index contributed by atoms with van der Waals surface area (Å²) in [4.78, 5) is 23.8. The Morgan fingerprint density at radius 2 is 2.08 bits per heavy atom. The van der Waals surface area contributed by atoms with E-state index in [0.717, 1.165) is 12.8 Å². The van der Waals surface area contributed by atoms with Gasteiger partial charge >= 0.3 is 5.97 Å². The fourth-order valence-corrected chi connectivity index (χ4v) is 4.69. The van der Waals surface area contributed by atoms with Gasteiger partial charge in [0, 0.05) is 12.1 Å². The monoisotopic (exact) mass is 366 g/mol. The van der Waals surface area contributed by atoms with Crippen LogP contribution in [0.2, 0.25) is 0 Å². The highest BCUT2D eigenvalue weighted by Gasteiger charge is 2.31. The average Bonchev–Trinajstić information content (AvgIpc) is 3.27. The lowest BCUT2D eigenvalue weighted by Gasteiger charge is -2.19. The molecule has 0 aromatic heterocycles. The van der Waals surface area contributed by atoms with Crippen molar-refractivity contribution in [2.75, 3.05) is 16.6 Å². The molecule has 25 heavy (non-hydrogen) atoms. The lowest BCUT2D eigenvalue weighted by atomic mass is 10.1. The minimum absolute atomic E-state index is 0.135. The molecule has 1 amide bonds. The number of sulfonamides is 1.